The van der Waals surface area contributed by atoms with Crippen molar-refractivity contribution in [2.24, 2.45) is 0 Å². The summed E-state index contributed by atoms with van der Waals surface area (Å²) in [6.07, 6.45) is 2.69. The Morgan fingerprint density at radius 3 is 3.05 bits per heavy atom. The normalized spacial score (nSPS) is 13.2. The molecule has 0 spiro atoms. The first-order valence-electron chi connectivity index (χ1n) is 6.24. The average Bonchev–Trinajstić information content (AvgIpc) is 2.79. The lowest BCUT2D eigenvalue weighted by atomic mass is 10.2. The number of carbonyl (C=O) groups is 1. The Morgan fingerprint density at radius 1 is 1.58 bits per heavy atom. The number of H-pyrrole nitrogens is 1. The summed E-state index contributed by atoms with van der Waals surface area (Å²) < 4.78 is 0. The zero-order valence-electron chi connectivity index (χ0n) is 11.0. The van der Waals surface area contributed by atoms with Gasteiger partial charge < -0.3 is 15.4 Å². The zero-order chi connectivity index (χ0) is 13.8. The summed E-state index contributed by atoms with van der Waals surface area (Å²) in [6.45, 7) is 4.98. The number of carboxylic acid groups (broad SMARTS) is 1. The molecule has 1 aromatic heterocycles. The molecule has 1 aromatic carbocycles. The second kappa shape index (κ2) is 5.67. The highest BCUT2D eigenvalue weighted by atomic mass is 16.4. The number of nitrogens with zero attached hydrogens (tertiary/aromatic N) is 1. The van der Waals surface area contributed by atoms with Gasteiger partial charge in [-0.2, -0.15) is 0 Å². The molecule has 1 atom stereocenters. The smallest absolute Gasteiger partial charge is 0.328 e. The van der Waals surface area contributed by atoms with Crippen LogP contribution in [0.4, 0.5) is 0 Å². The standard InChI is InChI=1S/C14H17N3O2/c1-3-15-9(2)14-16-11-6-4-10(5-7-13(18)19)8-12(11)17-14/h4-9,15H,3H2,1-2H3,(H,16,17)(H,18,19)/b7-5+. The number of aromatic amines is 1. The van der Waals surface area contributed by atoms with Crippen LogP contribution in [0.15, 0.2) is 24.3 Å². The minimum atomic E-state index is -0.953. The minimum Gasteiger partial charge on any atom is -0.478 e. The molecule has 0 bridgehead atoms. The Morgan fingerprint density at radius 2 is 2.37 bits per heavy atom. The van der Waals surface area contributed by atoms with Crippen LogP contribution in [0.1, 0.15) is 31.3 Å². The van der Waals surface area contributed by atoms with Gasteiger partial charge in [0.05, 0.1) is 17.1 Å². The molecule has 5 nitrogen and oxygen atoms in total. The van der Waals surface area contributed by atoms with Crippen LogP contribution in [0.3, 0.4) is 0 Å². The Kier molecular flexibility index (Phi) is 3.97. The van der Waals surface area contributed by atoms with Gasteiger partial charge in [-0.05, 0) is 37.2 Å². The molecule has 0 fully saturated rings. The molecule has 2 rings (SSSR count). The zero-order valence-corrected chi connectivity index (χ0v) is 11.0. The molecular weight excluding hydrogens is 242 g/mol. The monoisotopic (exact) mass is 259 g/mol. The summed E-state index contributed by atoms with van der Waals surface area (Å²) in [5.41, 5.74) is 2.63. The Balaban J connectivity index is 2.30. The van der Waals surface area contributed by atoms with E-state index in [9.17, 15) is 4.79 Å². The molecule has 19 heavy (non-hydrogen) atoms. The molecule has 0 radical (unpaired) electrons. The highest BCUT2D eigenvalue weighted by Gasteiger charge is 2.09. The van der Waals surface area contributed by atoms with Gasteiger partial charge in [-0.25, -0.2) is 9.78 Å². The van der Waals surface area contributed by atoms with Gasteiger partial charge in [0, 0.05) is 6.08 Å². The number of rotatable bonds is 5. The molecule has 100 valence electrons. The van der Waals surface area contributed by atoms with E-state index in [0.29, 0.717) is 0 Å². The van der Waals surface area contributed by atoms with Crippen LogP contribution in [0.2, 0.25) is 0 Å². The SMILES string of the molecule is CCNC(C)c1nc2ccc(/C=C/C(=O)O)cc2[nH]1. The van der Waals surface area contributed by atoms with Gasteiger partial charge in [0.1, 0.15) is 5.82 Å². The van der Waals surface area contributed by atoms with Gasteiger partial charge in [-0.1, -0.05) is 13.0 Å². The van der Waals surface area contributed by atoms with E-state index in [1.807, 2.05) is 32.0 Å². The lowest BCUT2D eigenvalue weighted by molar-refractivity contribution is -0.131. The van der Waals surface area contributed by atoms with Crippen molar-refractivity contribution in [1.82, 2.24) is 15.3 Å². The Bertz CT molecular complexity index is 616. The molecule has 1 heterocycles. The van der Waals surface area contributed by atoms with Crippen molar-refractivity contribution in [2.45, 2.75) is 19.9 Å². The number of carboxylic acids is 1. The van der Waals surface area contributed by atoms with Crippen molar-refractivity contribution in [3.8, 4) is 0 Å². The van der Waals surface area contributed by atoms with E-state index in [0.717, 1.165) is 35.0 Å². The van der Waals surface area contributed by atoms with Gasteiger partial charge in [0.2, 0.25) is 0 Å². The summed E-state index contributed by atoms with van der Waals surface area (Å²) in [4.78, 5) is 18.2. The van der Waals surface area contributed by atoms with Crippen molar-refractivity contribution in [1.29, 1.82) is 0 Å². The first kappa shape index (κ1) is 13.3. The maximum Gasteiger partial charge on any atom is 0.328 e. The molecule has 2 aromatic rings. The highest BCUT2D eigenvalue weighted by Crippen LogP contribution is 2.18. The fourth-order valence-corrected chi connectivity index (χ4v) is 1.93. The van der Waals surface area contributed by atoms with E-state index in [2.05, 4.69) is 15.3 Å². The topological polar surface area (TPSA) is 78.0 Å². The van der Waals surface area contributed by atoms with Crippen molar-refractivity contribution in [3.63, 3.8) is 0 Å². The van der Waals surface area contributed by atoms with E-state index < -0.39 is 5.97 Å². The second-order valence-electron chi connectivity index (χ2n) is 4.35. The van der Waals surface area contributed by atoms with Gasteiger partial charge in [-0.15, -0.1) is 0 Å². The summed E-state index contributed by atoms with van der Waals surface area (Å²) in [6, 6.07) is 5.79. The van der Waals surface area contributed by atoms with Crippen LogP contribution in [-0.2, 0) is 4.79 Å². The Labute approximate surface area is 111 Å². The third-order valence-corrected chi connectivity index (χ3v) is 2.86. The van der Waals surface area contributed by atoms with Crippen molar-refractivity contribution in [2.75, 3.05) is 6.54 Å². The van der Waals surface area contributed by atoms with Crippen LogP contribution < -0.4 is 5.32 Å². The van der Waals surface area contributed by atoms with E-state index in [4.69, 9.17) is 5.11 Å². The summed E-state index contributed by atoms with van der Waals surface area (Å²) in [7, 11) is 0. The molecule has 1 unspecified atom stereocenters. The first-order chi connectivity index (χ1) is 9.10. The van der Waals surface area contributed by atoms with Gasteiger partial charge >= 0.3 is 5.97 Å². The number of hydrogen-bond acceptors (Lipinski definition) is 3. The van der Waals surface area contributed by atoms with Crippen LogP contribution >= 0.6 is 0 Å². The van der Waals surface area contributed by atoms with Crippen molar-refractivity contribution in [3.05, 3.63) is 35.7 Å². The summed E-state index contributed by atoms with van der Waals surface area (Å²) in [5.74, 6) is -0.0672. The van der Waals surface area contributed by atoms with Crippen LogP contribution in [0, 0.1) is 0 Å². The number of hydrogen-bond donors (Lipinski definition) is 3. The first-order valence-corrected chi connectivity index (χ1v) is 6.24. The maximum absolute atomic E-state index is 10.5. The molecule has 0 amide bonds. The fraction of sp³-hybridized carbons (Fsp3) is 0.286. The molecule has 0 aliphatic carbocycles. The molecule has 5 heteroatoms. The molecule has 3 N–H and O–H groups in total. The number of imidazole rings is 1. The van der Waals surface area contributed by atoms with Crippen LogP contribution in [0.5, 0.6) is 0 Å². The molecule has 0 saturated carbocycles. The fourth-order valence-electron chi connectivity index (χ4n) is 1.93. The number of nitrogens with one attached hydrogen (secondary N) is 2. The average molecular weight is 259 g/mol. The second-order valence-corrected chi connectivity index (χ2v) is 4.35. The largest absolute Gasteiger partial charge is 0.478 e. The van der Waals surface area contributed by atoms with Crippen molar-refractivity contribution < 1.29 is 9.90 Å². The van der Waals surface area contributed by atoms with E-state index in [1.165, 1.54) is 0 Å². The molecular formula is C14H17N3O2. The van der Waals surface area contributed by atoms with Gasteiger partial charge in [-0.3, -0.25) is 0 Å². The number of aromatic nitrogens is 2. The van der Waals surface area contributed by atoms with Crippen molar-refractivity contribution >= 4 is 23.1 Å². The Hall–Kier alpha value is -2.14. The third-order valence-electron chi connectivity index (χ3n) is 2.86. The summed E-state index contributed by atoms with van der Waals surface area (Å²) >= 11 is 0. The van der Waals surface area contributed by atoms with E-state index in [1.54, 1.807) is 6.08 Å². The lowest BCUT2D eigenvalue weighted by Crippen LogP contribution is -2.18. The predicted molar refractivity (Wildman–Crippen MR) is 74.9 cm³/mol. The minimum absolute atomic E-state index is 0.162. The molecule has 0 saturated heterocycles. The maximum atomic E-state index is 10.5. The van der Waals surface area contributed by atoms with E-state index >= 15 is 0 Å². The molecule has 0 aliphatic rings. The quantitative estimate of drug-likeness (QED) is 0.720. The van der Waals surface area contributed by atoms with Gasteiger partial charge in [0.15, 0.2) is 0 Å². The van der Waals surface area contributed by atoms with E-state index in [-0.39, 0.29) is 6.04 Å². The highest BCUT2D eigenvalue weighted by molar-refractivity contribution is 5.86. The number of aliphatic carboxylic acids is 1. The number of fused-ring (bicyclic) bond motifs is 1. The summed E-state index contributed by atoms with van der Waals surface area (Å²) in [5, 5.41) is 11.9. The van der Waals surface area contributed by atoms with Crippen LogP contribution in [0.25, 0.3) is 17.1 Å². The number of benzene rings is 1. The predicted octanol–water partition coefficient (Wildman–Crippen LogP) is 2.33. The van der Waals surface area contributed by atoms with Gasteiger partial charge in [0.25, 0.3) is 0 Å². The third kappa shape index (κ3) is 3.20. The lowest BCUT2D eigenvalue weighted by Gasteiger charge is -2.07. The van der Waals surface area contributed by atoms with Crippen LogP contribution in [-0.4, -0.2) is 27.6 Å². The molecule has 0 aliphatic heterocycles.